The summed E-state index contributed by atoms with van der Waals surface area (Å²) in [6.07, 6.45) is 1.77. The first kappa shape index (κ1) is 11.1. The van der Waals surface area contributed by atoms with Gasteiger partial charge in [-0.3, -0.25) is 0 Å². The van der Waals surface area contributed by atoms with Gasteiger partial charge in [0.15, 0.2) is 0 Å². The summed E-state index contributed by atoms with van der Waals surface area (Å²) in [6, 6.07) is 9.92. The van der Waals surface area contributed by atoms with Crippen LogP contribution in [0.1, 0.15) is 5.89 Å². The maximum atomic E-state index is 5.48. The number of H-pyrrole nitrogens is 1. The second-order valence-corrected chi connectivity index (χ2v) is 4.50. The molecule has 0 aliphatic carbocycles. The van der Waals surface area contributed by atoms with Crippen molar-refractivity contribution in [3.63, 3.8) is 0 Å². The second-order valence-electron chi connectivity index (χ2n) is 4.50. The summed E-state index contributed by atoms with van der Waals surface area (Å²) >= 11 is 0. The molecule has 0 saturated carbocycles. The molecule has 0 fully saturated rings. The summed E-state index contributed by atoms with van der Waals surface area (Å²) in [5.41, 5.74) is 8.28. The number of nitrogens with zero attached hydrogens (tertiary/aromatic N) is 3. The van der Waals surface area contributed by atoms with Crippen LogP contribution in [0.25, 0.3) is 33.3 Å². The van der Waals surface area contributed by atoms with Crippen molar-refractivity contribution in [2.24, 2.45) is 5.73 Å². The number of hydrogen-bond acceptors (Lipinski definition) is 5. The van der Waals surface area contributed by atoms with E-state index in [1.54, 1.807) is 6.20 Å². The van der Waals surface area contributed by atoms with Crippen molar-refractivity contribution in [2.75, 3.05) is 0 Å². The van der Waals surface area contributed by atoms with Crippen LogP contribution in [0.4, 0.5) is 0 Å². The zero-order chi connectivity index (χ0) is 13.5. The highest BCUT2D eigenvalue weighted by molar-refractivity contribution is 6.06. The maximum Gasteiger partial charge on any atom is 0.240 e. The fourth-order valence-electron chi connectivity index (χ4n) is 2.32. The fourth-order valence-corrected chi connectivity index (χ4v) is 2.32. The molecule has 0 saturated heterocycles. The number of hydrogen-bond donors (Lipinski definition) is 2. The molecule has 0 spiro atoms. The van der Waals surface area contributed by atoms with Gasteiger partial charge in [0.25, 0.3) is 0 Å². The lowest BCUT2D eigenvalue weighted by atomic mass is 10.1. The monoisotopic (exact) mass is 265 g/mol. The molecule has 0 radical (unpaired) electrons. The van der Waals surface area contributed by atoms with Crippen molar-refractivity contribution >= 4 is 21.9 Å². The number of aromatic nitrogens is 4. The Bertz CT molecular complexity index is 908. The molecule has 98 valence electrons. The predicted octanol–water partition coefficient (Wildman–Crippen LogP) is 2.22. The Morgan fingerprint density at radius 3 is 3.00 bits per heavy atom. The molecule has 6 heteroatoms. The summed E-state index contributed by atoms with van der Waals surface area (Å²) < 4.78 is 5.04. The Hall–Kier alpha value is -2.73. The van der Waals surface area contributed by atoms with Crippen molar-refractivity contribution in [3.05, 3.63) is 42.4 Å². The third-order valence-electron chi connectivity index (χ3n) is 3.27. The first-order chi connectivity index (χ1) is 9.85. The molecule has 4 rings (SSSR count). The number of nitrogens with one attached hydrogen (secondary N) is 1. The number of rotatable bonds is 2. The normalized spacial score (nSPS) is 11.4. The number of aromatic amines is 1. The largest absolute Gasteiger partial charge is 0.339 e. The van der Waals surface area contributed by atoms with Gasteiger partial charge in [-0.15, -0.1) is 0 Å². The lowest BCUT2D eigenvalue weighted by Gasteiger charge is -1.95. The van der Waals surface area contributed by atoms with Crippen LogP contribution < -0.4 is 5.73 Å². The van der Waals surface area contributed by atoms with E-state index in [1.807, 2.05) is 30.3 Å². The van der Waals surface area contributed by atoms with Crippen molar-refractivity contribution in [1.29, 1.82) is 0 Å². The summed E-state index contributed by atoms with van der Waals surface area (Å²) in [4.78, 5) is 11.8. The molecule has 3 aromatic heterocycles. The summed E-state index contributed by atoms with van der Waals surface area (Å²) in [5.74, 6) is 0.978. The van der Waals surface area contributed by atoms with E-state index in [9.17, 15) is 0 Å². The minimum atomic E-state index is 0.242. The summed E-state index contributed by atoms with van der Waals surface area (Å²) in [6.45, 7) is 0.242. The number of nitrogens with two attached hydrogens (primary N) is 1. The molecule has 3 heterocycles. The molecule has 1 aromatic carbocycles. The summed E-state index contributed by atoms with van der Waals surface area (Å²) in [7, 11) is 0. The number of pyridine rings is 1. The van der Waals surface area contributed by atoms with Crippen LogP contribution in [0.2, 0.25) is 0 Å². The third kappa shape index (κ3) is 1.59. The van der Waals surface area contributed by atoms with E-state index in [1.165, 1.54) is 0 Å². The molecule has 6 nitrogen and oxygen atoms in total. The van der Waals surface area contributed by atoms with E-state index in [-0.39, 0.29) is 6.54 Å². The van der Waals surface area contributed by atoms with Crippen LogP contribution in [0.5, 0.6) is 0 Å². The first-order valence-electron chi connectivity index (χ1n) is 6.24. The Morgan fingerprint density at radius 1 is 1.20 bits per heavy atom. The van der Waals surface area contributed by atoms with Gasteiger partial charge in [0.05, 0.1) is 6.54 Å². The standard InChI is InChI=1S/C14H11N5O/c15-7-12-18-13(19-20-12)8-3-4-11-10(6-8)9-2-1-5-16-14(9)17-11/h1-6H,7,15H2,(H,16,17). The predicted molar refractivity (Wildman–Crippen MR) is 74.8 cm³/mol. The first-order valence-corrected chi connectivity index (χ1v) is 6.24. The van der Waals surface area contributed by atoms with Gasteiger partial charge >= 0.3 is 0 Å². The van der Waals surface area contributed by atoms with Crippen LogP contribution >= 0.6 is 0 Å². The zero-order valence-electron chi connectivity index (χ0n) is 10.5. The van der Waals surface area contributed by atoms with Crippen molar-refractivity contribution in [1.82, 2.24) is 20.1 Å². The Balaban J connectivity index is 1.95. The number of fused-ring (bicyclic) bond motifs is 3. The smallest absolute Gasteiger partial charge is 0.240 e. The maximum absolute atomic E-state index is 5.48. The van der Waals surface area contributed by atoms with E-state index < -0.39 is 0 Å². The molecule has 0 aliphatic heterocycles. The van der Waals surface area contributed by atoms with Gasteiger partial charge in [0.2, 0.25) is 11.7 Å². The molecule has 0 bridgehead atoms. The van der Waals surface area contributed by atoms with Gasteiger partial charge in [0, 0.05) is 28.0 Å². The lowest BCUT2D eigenvalue weighted by Crippen LogP contribution is -1.95. The third-order valence-corrected chi connectivity index (χ3v) is 3.27. The zero-order valence-corrected chi connectivity index (χ0v) is 10.5. The molecule has 20 heavy (non-hydrogen) atoms. The highest BCUT2D eigenvalue weighted by Gasteiger charge is 2.10. The Kier molecular flexibility index (Phi) is 2.30. The molecule has 0 aliphatic rings. The average Bonchev–Trinajstić information content (AvgIpc) is 3.11. The van der Waals surface area contributed by atoms with Gasteiger partial charge in [-0.05, 0) is 30.3 Å². The van der Waals surface area contributed by atoms with Gasteiger partial charge in [0.1, 0.15) is 5.65 Å². The van der Waals surface area contributed by atoms with Crippen LogP contribution in [0.3, 0.4) is 0 Å². The van der Waals surface area contributed by atoms with E-state index in [0.29, 0.717) is 11.7 Å². The topological polar surface area (TPSA) is 93.6 Å². The molecule has 4 aromatic rings. The van der Waals surface area contributed by atoms with Crippen molar-refractivity contribution < 1.29 is 4.52 Å². The van der Waals surface area contributed by atoms with E-state index in [4.69, 9.17) is 10.3 Å². The molecule has 0 amide bonds. The highest BCUT2D eigenvalue weighted by Crippen LogP contribution is 2.27. The van der Waals surface area contributed by atoms with Gasteiger partial charge in [-0.2, -0.15) is 4.98 Å². The fraction of sp³-hybridized carbons (Fsp3) is 0.0714. The SMILES string of the molecule is NCc1nc(-c2ccc3[nH]c4ncccc4c3c2)no1. The second kappa shape index (κ2) is 4.14. The van der Waals surface area contributed by atoms with Gasteiger partial charge in [-0.25, -0.2) is 4.98 Å². The van der Waals surface area contributed by atoms with Crippen molar-refractivity contribution in [3.8, 4) is 11.4 Å². The lowest BCUT2D eigenvalue weighted by molar-refractivity contribution is 0.380. The van der Waals surface area contributed by atoms with E-state index in [0.717, 1.165) is 27.5 Å². The molecule has 0 unspecified atom stereocenters. The summed E-state index contributed by atoms with van der Waals surface area (Å²) in [5, 5.41) is 6.10. The van der Waals surface area contributed by atoms with E-state index >= 15 is 0 Å². The Labute approximate surface area is 113 Å². The highest BCUT2D eigenvalue weighted by atomic mass is 16.5. The molecular formula is C14H11N5O. The quantitative estimate of drug-likeness (QED) is 0.579. The number of benzene rings is 1. The minimum Gasteiger partial charge on any atom is -0.339 e. The average molecular weight is 265 g/mol. The van der Waals surface area contributed by atoms with Gasteiger partial charge in [-0.1, -0.05) is 5.16 Å². The molecule has 0 atom stereocenters. The molecule has 3 N–H and O–H groups in total. The van der Waals surface area contributed by atoms with Crippen LogP contribution in [0.15, 0.2) is 41.1 Å². The Morgan fingerprint density at radius 2 is 2.15 bits per heavy atom. The van der Waals surface area contributed by atoms with Gasteiger partial charge < -0.3 is 15.2 Å². The van der Waals surface area contributed by atoms with E-state index in [2.05, 4.69) is 20.1 Å². The van der Waals surface area contributed by atoms with Crippen molar-refractivity contribution in [2.45, 2.75) is 6.54 Å². The minimum absolute atomic E-state index is 0.242. The van der Waals surface area contributed by atoms with Crippen LogP contribution in [0, 0.1) is 0 Å². The molecular weight excluding hydrogens is 254 g/mol. The van der Waals surface area contributed by atoms with Crippen LogP contribution in [-0.4, -0.2) is 20.1 Å². The van der Waals surface area contributed by atoms with Crippen LogP contribution in [-0.2, 0) is 6.54 Å².